The highest BCUT2D eigenvalue weighted by molar-refractivity contribution is 6.33. The van der Waals surface area contributed by atoms with Crippen LogP contribution in [0.5, 0.6) is 0 Å². The summed E-state index contributed by atoms with van der Waals surface area (Å²) in [6, 6.07) is 7.97. The second-order valence-corrected chi connectivity index (χ2v) is 6.01. The van der Waals surface area contributed by atoms with E-state index in [0.29, 0.717) is 22.6 Å². The highest BCUT2D eigenvalue weighted by atomic mass is 35.5. The lowest BCUT2D eigenvalue weighted by molar-refractivity contribution is 0.481. The Morgan fingerprint density at radius 2 is 2.09 bits per heavy atom. The summed E-state index contributed by atoms with van der Waals surface area (Å²) in [7, 11) is 0. The summed E-state index contributed by atoms with van der Waals surface area (Å²) in [6.45, 7) is 3.19. The molecule has 1 aliphatic heterocycles. The Morgan fingerprint density at radius 1 is 1.27 bits per heavy atom. The van der Waals surface area contributed by atoms with Crippen LogP contribution in [0.25, 0.3) is 0 Å². The van der Waals surface area contributed by atoms with Crippen molar-refractivity contribution in [1.29, 1.82) is 0 Å². The molecule has 3 rings (SSSR count). The second kappa shape index (κ2) is 6.40. The number of anilines is 4. The quantitative estimate of drug-likeness (QED) is 0.900. The van der Waals surface area contributed by atoms with Crippen LogP contribution in [0.3, 0.4) is 0 Å². The fraction of sp³-hybridized carbons (Fsp3) is 0.375. The van der Waals surface area contributed by atoms with Crippen molar-refractivity contribution in [3.63, 3.8) is 0 Å². The molecule has 5 nitrogen and oxygen atoms in total. The number of hydrogen-bond acceptors (Lipinski definition) is 5. The van der Waals surface area contributed by atoms with Gasteiger partial charge in [0, 0.05) is 12.6 Å². The summed E-state index contributed by atoms with van der Waals surface area (Å²) in [4.78, 5) is 10.9. The number of nitrogens with one attached hydrogen (secondary N) is 1. The van der Waals surface area contributed by atoms with Crippen LogP contribution in [0.1, 0.15) is 26.2 Å². The minimum absolute atomic E-state index is 0.444. The molecule has 2 heterocycles. The van der Waals surface area contributed by atoms with Gasteiger partial charge < -0.3 is 16.0 Å². The zero-order valence-corrected chi connectivity index (χ0v) is 13.3. The maximum Gasteiger partial charge on any atom is 0.159 e. The van der Waals surface area contributed by atoms with Crippen molar-refractivity contribution in [2.45, 2.75) is 32.2 Å². The molecule has 1 unspecified atom stereocenters. The normalized spacial score (nSPS) is 18.3. The Balaban J connectivity index is 1.90. The number of halogens is 1. The number of rotatable bonds is 3. The fourth-order valence-corrected chi connectivity index (χ4v) is 3.00. The predicted octanol–water partition coefficient (Wildman–Crippen LogP) is 3.83. The van der Waals surface area contributed by atoms with Gasteiger partial charge in [-0.1, -0.05) is 23.7 Å². The first-order chi connectivity index (χ1) is 10.7. The average Bonchev–Trinajstić information content (AvgIpc) is 2.52. The molecule has 1 fully saturated rings. The molecule has 1 aromatic heterocycles. The number of piperidine rings is 1. The highest BCUT2D eigenvalue weighted by Crippen LogP contribution is 2.33. The molecule has 116 valence electrons. The lowest BCUT2D eigenvalue weighted by atomic mass is 10.0. The molecular formula is C16H20ClN5. The maximum atomic E-state index is 6.30. The number of para-hydroxylation sites is 1. The number of aromatic nitrogens is 2. The van der Waals surface area contributed by atoms with Crippen LogP contribution in [-0.2, 0) is 0 Å². The van der Waals surface area contributed by atoms with Gasteiger partial charge >= 0.3 is 0 Å². The van der Waals surface area contributed by atoms with E-state index in [-0.39, 0.29) is 0 Å². The molecule has 6 heteroatoms. The van der Waals surface area contributed by atoms with E-state index in [9.17, 15) is 0 Å². The number of hydrogen-bond donors (Lipinski definition) is 2. The minimum Gasteiger partial charge on any atom is -0.393 e. The molecule has 1 atom stereocenters. The van der Waals surface area contributed by atoms with Crippen LogP contribution in [0.4, 0.5) is 23.0 Å². The zero-order chi connectivity index (χ0) is 15.5. The van der Waals surface area contributed by atoms with Crippen molar-refractivity contribution in [3.8, 4) is 0 Å². The lowest BCUT2D eigenvalue weighted by Gasteiger charge is -2.35. The standard InChI is InChI=1S/C16H20ClN5/c1-11-6-4-5-9-22(11)16-14(18)15(19-10-20-16)21-13-8-3-2-7-12(13)17/h2-3,7-8,10-11H,4-6,9,18H2,1H3,(H,19,20,21). The van der Waals surface area contributed by atoms with Crippen LogP contribution in [0, 0.1) is 0 Å². The number of nitrogen functional groups attached to an aromatic ring is 1. The lowest BCUT2D eigenvalue weighted by Crippen LogP contribution is -2.38. The smallest absolute Gasteiger partial charge is 0.159 e. The topological polar surface area (TPSA) is 67.1 Å². The Morgan fingerprint density at radius 3 is 2.86 bits per heavy atom. The summed E-state index contributed by atoms with van der Waals surface area (Å²) in [5.74, 6) is 1.40. The first-order valence-electron chi connectivity index (χ1n) is 7.55. The van der Waals surface area contributed by atoms with Gasteiger partial charge in [0.1, 0.15) is 12.0 Å². The van der Waals surface area contributed by atoms with Crippen molar-refractivity contribution >= 4 is 34.6 Å². The molecule has 0 radical (unpaired) electrons. The molecule has 0 saturated carbocycles. The van der Waals surface area contributed by atoms with Crippen molar-refractivity contribution in [3.05, 3.63) is 35.6 Å². The molecule has 2 aromatic rings. The first kappa shape index (κ1) is 14.9. The molecule has 1 aromatic carbocycles. The largest absolute Gasteiger partial charge is 0.393 e. The monoisotopic (exact) mass is 317 g/mol. The number of benzene rings is 1. The third-order valence-corrected chi connectivity index (χ3v) is 4.39. The molecule has 3 N–H and O–H groups in total. The van der Waals surface area contributed by atoms with Gasteiger partial charge in [0.25, 0.3) is 0 Å². The van der Waals surface area contributed by atoms with Crippen LogP contribution >= 0.6 is 11.6 Å². The van der Waals surface area contributed by atoms with Crippen LogP contribution < -0.4 is 16.0 Å². The van der Waals surface area contributed by atoms with Gasteiger partial charge in [-0.15, -0.1) is 0 Å². The van der Waals surface area contributed by atoms with Crippen molar-refractivity contribution < 1.29 is 0 Å². The van der Waals surface area contributed by atoms with Gasteiger partial charge in [-0.2, -0.15) is 0 Å². The SMILES string of the molecule is CC1CCCCN1c1ncnc(Nc2ccccc2Cl)c1N. The van der Waals surface area contributed by atoms with Crippen molar-refractivity contribution in [1.82, 2.24) is 9.97 Å². The molecule has 0 bridgehead atoms. The van der Waals surface area contributed by atoms with E-state index in [1.165, 1.54) is 12.8 Å². The average molecular weight is 318 g/mol. The van der Waals surface area contributed by atoms with Gasteiger partial charge in [0.05, 0.1) is 10.7 Å². The van der Waals surface area contributed by atoms with E-state index < -0.39 is 0 Å². The first-order valence-corrected chi connectivity index (χ1v) is 7.93. The molecule has 1 aliphatic rings. The third-order valence-electron chi connectivity index (χ3n) is 4.06. The zero-order valence-electron chi connectivity index (χ0n) is 12.6. The Bertz CT molecular complexity index is 661. The van der Waals surface area contributed by atoms with E-state index >= 15 is 0 Å². The summed E-state index contributed by atoms with van der Waals surface area (Å²) in [5, 5.41) is 3.83. The maximum absolute atomic E-state index is 6.30. The van der Waals surface area contributed by atoms with E-state index in [0.717, 1.165) is 24.5 Å². The second-order valence-electron chi connectivity index (χ2n) is 5.60. The van der Waals surface area contributed by atoms with E-state index in [4.69, 9.17) is 17.3 Å². The van der Waals surface area contributed by atoms with Gasteiger partial charge in [-0.25, -0.2) is 9.97 Å². The van der Waals surface area contributed by atoms with Crippen LogP contribution in [0.15, 0.2) is 30.6 Å². The van der Waals surface area contributed by atoms with Crippen LogP contribution in [0.2, 0.25) is 5.02 Å². The van der Waals surface area contributed by atoms with Gasteiger partial charge in [-0.05, 0) is 38.3 Å². The highest BCUT2D eigenvalue weighted by Gasteiger charge is 2.23. The minimum atomic E-state index is 0.444. The van der Waals surface area contributed by atoms with E-state index in [1.807, 2.05) is 24.3 Å². The van der Waals surface area contributed by atoms with Crippen LogP contribution in [-0.4, -0.2) is 22.6 Å². The molecular weight excluding hydrogens is 298 g/mol. The molecule has 22 heavy (non-hydrogen) atoms. The summed E-state index contributed by atoms with van der Waals surface area (Å²) < 4.78 is 0. The Kier molecular flexibility index (Phi) is 4.34. The fourth-order valence-electron chi connectivity index (χ4n) is 2.82. The van der Waals surface area contributed by atoms with Gasteiger partial charge in [0.2, 0.25) is 0 Å². The predicted molar refractivity (Wildman–Crippen MR) is 91.8 cm³/mol. The number of nitrogens with two attached hydrogens (primary N) is 1. The van der Waals surface area contributed by atoms with Gasteiger partial charge in [-0.3, -0.25) is 0 Å². The number of nitrogens with zero attached hydrogens (tertiary/aromatic N) is 3. The third kappa shape index (κ3) is 2.95. The molecule has 0 aliphatic carbocycles. The Hall–Kier alpha value is -2.01. The molecule has 0 spiro atoms. The van der Waals surface area contributed by atoms with Crippen molar-refractivity contribution in [2.75, 3.05) is 22.5 Å². The summed E-state index contributed by atoms with van der Waals surface area (Å²) >= 11 is 6.18. The molecule has 0 amide bonds. The summed E-state index contributed by atoms with van der Waals surface area (Å²) in [6.07, 6.45) is 5.14. The summed E-state index contributed by atoms with van der Waals surface area (Å²) in [5.41, 5.74) is 7.65. The van der Waals surface area contributed by atoms with E-state index in [1.54, 1.807) is 6.33 Å². The van der Waals surface area contributed by atoms with Gasteiger partial charge in [0.15, 0.2) is 11.6 Å². The Labute approximate surface area is 135 Å². The van der Waals surface area contributed by atoms with E-state index in [2.05, 4.69) is 27.1 Å². The molecule has 1 saturated heterocycles. The van der Waals surface area contributed by atoms with Crippen molar-refractivity contribution in [2.24, 2.45) is 0 Å².